The van der Waals surface area contributed by atoms with Crippen LogP contribution in [0.25, 0.3) is 0 Å². The third kappa shape index (κ3) is 3.26. The standard InChI is InChI=1S/C6H8O2/c1-3-6(2)4-5-8-7/h3,7H,1-2H3. The lowest BCUT2D eigenvalue weighted by molar-refractivity contribution is -0.171. The summed E-state index contributed by atoms with van der Waals surface area (Å²) >= 11 is 0. The molecule has 0 aromatic heterocycles. The van der Waals surface area contributed by atoms with E-state index in [-0.39, 0.29) is 0 Å². The minimum atomic E-state index is 0.874. The van der Waals surface area contributed by atoms with Gasteiger partial charge in [0.15, 0.2) is 6.11 Å². The molecule has 0 radical (unpaired) electrons. The molecule has 0 aliphatic rings. The van der Waals surface area contributed by atoms with Gasteiger partial charge in [0.2, 0.25) is 0 Å². The van der Waals surface area contributed by atoms with E-state index < -0.39 is 0 Å². The van der Waals surface area contributed by atoms with E-state index in [1.807, 2.05) is 26.0 Å². The maximum atomic E-state index is 7.71. The highest BCUT2D eigenvalue weighted by Gasteiger charge is 1.72. The highest BCUT2D eigenvalue weighted by molar-refractivity contribution is 5.23. The molecule has 0 heterocycles. The molecule has 0 aromatic carbocycles. The summed E-state index contributed by atoms with van der Waals surface area (Å²) < 4.78 is 0. The van der Waals surface area contributed by atoms with Gasteiger partial charge in [-0.15, -0.1) is 0 Å². The van der Waals surface area contributed by atoms with Crippen LogP contribution in [0.1, 0.15) is 13.8 Å². The van der Waals surface area contributed by atoms with E-state index in [0.29, 0.717) is 0 Å². The van der Waals surface area contributed by atoms with Gasteiger partial charge in [-0.2, -0.15) is 5.26 Å². The van der Waals surface area contributed by atoms with Crippen LogP contribution in [-0.2, 0) is 4.89 Å². The summed E-state index contributed by atoms with van der Waals surface area (Å²) in [6, 6.07) is 0. The Kier molecular flexibility index (Phi) is 3.73. The quantitative estimate of drug-likeness (QED) is 0.291. The molecule has 44 valence electrons. The van der Waals surface area contributed by atoms with Crippen molar-refractivity contribution in [1.29, 1.82) is 0 Å². The first-order valence-corrected chi connectivity index (χ1v) is 2.25. The highest BCUT2D eigenvalue weighted by atomic mass is 17.1. The molecule has 0 spiro atoms. The number of hydrogen-bond acceptors (Lipinski definition) is 2. The Morgan fingerprint density at radius 1 is 1.75 bits per heavy atom. The zero-order chi connectivity index (χ0) is 6.41. The molecular weight excluding hydrogens is 104 g/mol. The molecule has 0 unspecified atom stereocenters. The molecule has 8 heavy (non-hydrogen) atoms. The van der Waals surface area contributed by atoms with Crippen LogP contribution in [0.15, 0.2) is 11.6 Å². The Bertz CT molecular complexity index is 136. The molecule has 0 fully saturated rings. The number of hydrogen-bond donors (Lipinski definition) is 1. The van der Waals surface area contributed by atoms with Crippen molar-refractivity contribution >= 4 is 0 Å². The molecule has 0 aliphatic carbocycles. The first-order valence-electron chi connectivity index (χ1n) is 2.25. The Morgan fingerprint density at radius 3 is 2.75 bits per heavy atom. The lowest BCUT2D eigenvalue weighted by Gasteiger charge is -1.78. The van der Waals surface area contributed by atoms with Crippen LogP contribution in [-0.4, -0.2) is 5.26 Å². The van der Waals surface area contributed by atoms with Gasteiger partial charge in [-0.05, 0) is 25.3 Å². The van der Waals surface area contributed by atoms with Crippen LogP contribution in [0.5, 0.6) is 0 Å². The zero-order valence-corrected chi connectivity index (χ0v) is 4.93. The lowest BCUT2D eigenvalue weighted by atomic mass is 10.3. The maximum Gasteiger partial charge on any atom is 0.161 e. The minimum absolute atomic E-state index is 0.874. The molecule has 0 saturated carbocycles. The van der Waals surface area contributed by atoms with E-state index in [2.05, 4.69) is 10.8 Å². The molecule has 0 rings (SSSR count). The van der Waals surface area contributed by atoms with E-state index in [1.54, 1.807) is 0 Å². The maximum absolute atomic E-state index is 7.71. The molecule has 2 heteroatoms. The fourth-order valence-electron chi connectivity index (χ4n) is 0.175. The topological polar surface area (TPSA) is 29.5 Å². The highest BCUT2D eigenvalue weighted by Crippen LogP contribution is 1.85. The fraction of sp³-hybridized carbons (Fsp3) is 0.333. The van der Waals surface area contributed by atoms with Crippen molar-refractivity contribution in [3.63, 3.8) is 0 Å². The van der Waals surface area contributed by atoms with Gasteiger partial charge in [-0.1, -0.05) is 6.08 Å². The molecule has 0 aromatic rings. The van der Waals surface area contributed by atoms with E-state index in [9.17, 15) is 0 Å². The second-order valence-corrected chi connectivity index (χ2v) is 1.29. The average Bonchev–Trinajstić information content (AvgIpc) is 1.83. The smallest absolute Gasteiger partial charge is 0.161 e. The summed E-state index contributed by atoms with van der Waals surface area (Å²) in [5.74, 6) is 2.52. The monoisotopic (exact) mass is 112 g/mol. The first kappa shape index (κ1) is 7.06. The molecule has 2 nitrogen and oxygen atoms in total. The van der Waals surface area contributed by atoms with Gasteiger partial charge in [-0.3, -0.25) is 4.89 Å². The lowest BCUT2D eigenvalue weighted by Crippen LogP contribution is -1.68. The number of allylic oxidation sites excluding steroid dienone is 2. The van der Waals surface area contributed by atoms with Gasteiger partial charge in [-0.25, -0.2) is 0 Å². The van der Waals surface area contributed by atoms with Crippen LogP contribution < -0.4 is 0 Å². The van der Waals surface area contributed by atoms with Gasteiger partial charge >= 0.3 is 0 Å². The van der Waals surface area contributed by atoms with Gasteiger partial charge in [0, 0.05) is 0 Å². The van der Waals surface area contributed by atoms with E-state index in [4.69, 9.17) is 5.26 Å². The second kappa shape index (κ2) is 4.23. The van der Waals surface area contributed by atoms with Crippen LogP contribution in [0.3, 0.4) is 0 Å². The molecule has 0 bridgehead atoms. The van der Waals surface area contributed by atoms with Crippen molar-refractivity contribution in [3.8, 4) is 12.0 Å². The van der Waals surface area contributed by atoms with Crippen molar-refractivity contribution < 1.29 is 10.1 Å². The van der Waals surface area contributed by atoms with Crippen LogP contribution >= 0.6 is 0 Å². The second-order valence-electron chi connectivity index (χ2n) is 1.29. The summed E-state index contributed by atoms with van der Waals surface area (Å²) in [5.41, 5.74) is 0.874. The molecule has 0 saturated heterocycles. The molecular formula is C6H8O2. The van der Waals surface area contributed by atoms with Crippen LogP contribution in [0.2, 0.25) is 0 Å². The summed E-state index contributed by atoms with van der Waals surface area (Å²) in [6.07, 6.45) is 3.86. The third-order valence-corrected chi connectivity index (χ3v) is 0.727. The van der Waals surface area contributed by atoms with Gasteiger partial charge < -0.3 is 0 Å². The third-order valence-electron chi connectivity index (χ3n) is 0.727. The van der Waals surface area contributed by atoms with Crippen molar-refractivity contribution in [1.82, 2.24) is 0 Å². The van der Waals surface area contributed by atoms with Crippen LogP contribution in [0.4, 0.5) is 0 Å². The normalized spacial score (nSPS) is 9.62. The predicted octanol–water partition coefficient (Wildman–Crippen LogP) is 1.40. The van der Waals surface area contributed by atoms with Crippen molar-refractivity contribution in [2.75, 3.05) is 0 Å². The summed E-state index contributed by atoms with van der Waals surface area (Å²) in [6.45, 7) is 3.69. The van der Waals surface area contributed by atoms with Gasteiger partial charge in [0.25, 0.3) is 0 Å². The van der Waals surface area contributed by atoms with Crippen LogP contribution in [0, 0.1) is 12.0 Å². The zero-order valence-electron chi connectivity index (χ0n) is 4.93. The fourth-order valence-corrected chi connectivity index (χ4v) is 0.175. The average molecular weight is 112 g/mol. The summed E-state index contributed by atoms with van der Waals surface area (Å²) in [5, 5.41) is 7.71. The van der Waals surface area contributed by atoms with E-state index in [1.165, 1.54) is 0 Å². The summed E-state index contributed by atoms with van der Waals surface area (Å²) in [7, 11) is 0. The Balaban J connectivity index is 3.69. The first-order chi connectivity index (χ1) is 3.81. The van der Waals surface area contributed by atoms with Gasteiger partial charge in [0.1, 0.15) is 0 Å². The van der Waals surface area contributed by atoms with Crippen molar-refractivity contribution in [3.05, 3.63) is 11.6 Å². The Morgan fingerprint density at radius 2 is 2.38 bits per heavy atom. The van der Waals surface area contributed by atoms with E-state index in [0.717, 1.165) is 5.57 Å². The largest absolute Gasteiger partial charge is 0.285 e. The molecule has 1 N–H and O–H groups in total. The molecule has 0 aliphatic heterocycles. The Labute approximate surface area is 48.7 Å². The van der Waals surface area contributed by atoms with Gasteiger partial charge in [0.05, 0.1) is 0 Å². The predicted molar refractivity (Wildman–Crippen MR) is 30.9 cm³/mol. The number of rotatable bonds is 0. The Hall–Kier alpha value is -0.940. The molecule has 0 amide bonds. The van der Waals surface area contributed by atoms with Crippen molar-refractivity contribution in [2.24, 2.45) is 0 Å². The summed E-state index contributed by atoms with van der Waals surface area (Å²) in [4.78, 5) is 3.51. The van der Waals surface area contributed by atoms with Crippen molar-refractivity contribution in [2.45, 2.75) is 13.8 Å². The molecule has 0 atom stereocenters. The van der Waals surface area contributed by atoms with E-state index >= 15 is 0 Å². The minimum Gasteiger partial charge on any atom is -0.285 e. The SMILES string of the molecule is CC=C(C)C#COO.